The lowest BCUT2D eigenvalue weighted by Gasteiger charge is -2.43. The zero-order chi connectivity index (χ0) is 13.5. The minimum Gasteiger partial charge on any atom is -0.343 e. The lowest BCUT2D eigenvalue weighted by atomic mass is 9.96. The molecule has 1 fully saturated rings. The van der Waals surface area contributed by atoms with E-state index in [1.54, 1.807) is 37.0 Å². The van der Waals surface area contributed by atoms with Crippen LogP contribution in [0, 0.1) is 0 Å². The van der Waals surface area contributed by atoms with Crippen molar-refractivity contribution in [3.8, 4) is 0 Å². The molecule has 1 atom stereocenters. The van der Waals surface area contributed by atoms with Gasteiger partial charge in [0.25, 0.3) is 0 Å². The van der Waals surface area contributed by atoms with E-state index < -0.39 is 11.6 Å². The first kappa shape index (κ1) is 13.5. The Hall–Kier alpha value is -0.880. The van der Waals surface area contributed by atoms with E-state index in [1.807, 2.05) is 11.4 Å². The Labute approximate surface area is 118 Å². The van der Waals surface area contributed by atoms with Gasteiger partial charge in [-0.05, 0) is 42.8 Å². The first-order chi connectivity index (χ1) is 8.32. The number of thiophene rings is 1. The third kappa shape index (κ3) is 2.31. The summed E-state index contributed by atoms with van der Waals surface area (Å²) in [6, 6.07) is 1.53. The summed E-state index contributed by atoms with van der Waals surface area (Å²) in [5, 5.41) is 4.68. The molecule has 98 valence electrons. The Morgan fingerprint density at radius 1 is 1.50 bits per heavy atom. The Morgan fingerprint density at radius 3 is 2.72 bits per heavy atom. The number of piperazine rings is 1. The third-order valence-electron chi connectivity index (χ3n) is 3.15. The molecule has 2 amide bonds. The molecule has 1 N–H and O–H groups in total. The number of rotatable bonds is 2. The van der Waals surface area contributed by atoms with Crippen LogP contribution in [0.2, 0.25) is 0 Å². The highest BCUT2D eigenvalue weighted by Gasteiger charge is 2.44. The van der Waals surface area contributed by atoms with Crippen LogP contribution in [0.4, 0.5) is 0 Å². The summed E-state index contributed by atoms with van der Waals surface area (Å²) in [5.74, 6) is -0.144. The number of amides is 2. The van der Waals surface area contributed by atoms with Crippen molar-refractivity contribution in [3.63, 3.8) is 0 Å². The number of carbonyl (C=O) groups is 2. The summed E-state index contributed by atoms with van der Waals surface area (Å²) in [4.78, 5) is 26.9. The van der Waals surface area contributed by atoms with E-state index in [0.717, 1.165) is 9.35 Å². The molecule has 0 aromatic carbocycles. The second kappa shape index (κ2) is 4.66. The highest BCUT2D eigenvalue weighted by atomic mass is 79.9. The molecule has 0 radical (unpaired) electrons. The van der Waals surface area contributed by atoms with Gasteiger partial charge in [-0.1, -0.05) is 0 Å². The highest BCUT2D eigenvalue weighted by Crippen LogP contribution is 2.27. The summed E-state index contributed by atoms with van der Waals surface area (Å²) in [7, 11) is 0. The first-order valence-electron chi connectivity index (χ1n) is 5.67. The molecule has 4 nitrogen and oxygen atoms in total. The van der Waals surface area contributed by atoms with Crippen LogP contribution in [0.1, 0.15) is 25.6 Å². The predicted molar refractivity (Wildman–Crippen MR) is 74.3 cm³/mol. The van der Waals surface area contributed by atoms with Crippen molar-refractivity contribution in [2.45, 2.75) is 38.9 Å². The minimum absolute atomic E-state index is 0.0378. The SMILES string of the molecule is CC1NC(=O)C(C)(C)N(Cc2cc(Br)cs2)C1=O. The molecule has 1 unspecified atom stereocenters. The van der Waals surface area contributed by atoms with Gasteiger partial charge in [0.2, 0.25) is 11.8 Å². The quantitative estimate of drug-likeness (QED) is 0.903. The van der Waals surface area contributed by atoms with Gasteiger partial charge in [0, 0.05) is 14.7 Å². The van der Waals surface area contributed by atoms with Crippen molar-refractivity contribution in [3.05, 3.63) is 20.8 Å². The summed E-state index contributed by atoms with van der Waals surface area (Å²) in [5.41, 5.74) is -0.805. The second-order valence-electron chi connectivity index (χ2n) is 4.91. The van der Waals surface area contributed by atoms with Crippen molar-refractivity contribution >= 4 is 39.1 Å². The number of nitrogens with one attached hydrogen (secondary N) is 1. The average molecular weight is 331 g/mol. The number of halogens is 1. The molecule has 0 bridgehead atoms. The fourth-order valence-electron chi connectivity index (χ4n) is 1.93. The van der Waals surface area contributed by atoms with E-state index in [9.17, 15) is 9.59 Å². The minimum atomic E-state index is -0.805. The van der Waals surface area contributed by atoms with Crippen LogP contribution in [-0.2, 0) is 16.1 Å². The van der Waals surface area contributed by atoms with Crippen molar-refractivity contribution in [1.29, 1.82) is 0 Å². The number of nitrogens with zero attached hydrogens (tertiary/aromatic N) is 1. The van der Waals surface area contributed by atoms with Crippen molar-refractivity contribution in [2.24, 2.45) is 0 Å². The Balaban J connectivity index is 2.27. The molecule has 2 rings (SSSR count). The molecule has 0 aliphatic carbocycles. The maximum atomic E-state index is 12.2. The maximum Gasteiger partial charge on any atom is 0.246 e. The van der Waals surface area contributed by atoms with Gasteiger partial charge in [-0.15, -0.1) is 11.3 Å². The molecule has 0 saturated carbocycles. The van der Waals surface area contributed by atoms with E-state index in [1.165, 1.54) is 0 Å². The van der Waals surface area contributed by atoms with Crippen LogP contribution >= 0.6 is 27.3 Å². The lowest BCUT2D eigenvalue weighted by molar-refractivity contribution is -0.155. The molecule has 1 aromatic heterocycles. The summed E-state index contributed by atoms with van der Waals surface area (Å²) < 4.78 is 1.00. The maximum absolute atomic E-state index is 12.2. The second-order valence-corrected chi connectivity index (χ2v) is 6.82. The van der Waals surface area contributed by atoms with Gasteiger partial charge >= 0.3 is 0 Å². The van der Waals surface area contributed by atoms with Crippen molar-refractivity contribution < 1.29 is 9.59 Å². The number of hydrogen-bond donors (Lipinski definition) is 1. The van der Waals surface area contributed by atoms with Crippen LogP contribution in [0.5, 0.6) is 0 Å². The smallest absolute Gasteiger partial charge is 0.246 e. The molecule has 6 heteroatoms. The zero-order valence-electron chi connectivity index (χ0n) is 10.5. The van der Waals surface area contributed by atoms with E-state index >= 15 is 0 Å². The number of hydrogen-bond acceptors (Lipinski definition) is 3. The molecule has 1 aromatic rings. The molecule has 1 saturated heterocycles. The van der Waals surface area contributed by atoms with E-state index in [-0.39, 0.29) is 11.8 Å². The van der Waals surface area contributed by atoms with Crippen LogP contribution in [0.25, 0.3) is 0 Å². The van der Waals surface area contributed by atoms with Gasteiger partial charge in [-0.3, -0.25) is 9.59 Å². The molecule has 0 spiro atoms. The fourth-order valence-corrected chi connectivity index (χ4v) is 3.37. The van der Waals surface area contributed by atoms with Gasteiger partial charge < -0.3 is 10.2 Å². The normalized spacial score (nSPS) is 23.1. The first-order valence-corrected chi connectivity index (χ1v) is 7.35. The zero-order valence-corrected chi connectivity index (χ0v) is 12.9. The number of carbonyl (C=O) groups excluding carboxylic acids is 2. The van der Waals surface area contributed by atoms with Crippen LogP contribution in [-0.4, -0.2) is 28.3 Å². The van der Waals surface area contributed by atoms with Crippen molar-refractivity contribution in [2.75, 3.05) is 0 Å². The van der Waals surface area contributed by atoms with Crippen LogP contribution in [0.15, 0.2) is 15.9 Å². The molecular formula is C12H15BrN2O2S. The van der Waals surface area contributed by atoms with Crippen LogP contribution in [0.3, 0.4) is 0 Å². The topological polar surface area (TPSA) is 49.4 Å². The summed E-state index contributed by atoms with van der Waals surface area (Å²) >= 11 is 4.97. The Morgan fingerprint density at radius 2 is 2.17 bits per heavy atom. The van der Waals surface area contributed by atoms with E-state index in [2.05, 4.69) is 21.2 Å². The largest absolute Gasteiger partial charge is 0.343 e. The molecular weight excluding hydrogens is 316 g/mol. The van der Waals surface area contributed by atoms with E-state index in [0.29, 0.717) is 6.54 Å². The monoisotopic (exact) mass is 330 g/mol. The standard InChI is InChI=1S/C12H15BrN2O2S/c1-7-10(16)15(12(2,3)11(17)14-7)5-9-4-8(13)6-18-9/h4,6-7H,5H2,1-3H3,(H,14,17). The van der Waals surface area contributed by atoms with Gasteiger partial charge in [0.15, 0.2) is 0 Å². The van der Waals surface area contributed by atoms with Gasteiger partial charge in [-0.25, -0.2) is 0 Å². The lowest BCUT2D eigenvalue weighted by Crippen LogP contribution is -2.67. The Kier molecular flexibility index (Phi) is 3.51. The van der Waals surface area contributed by atoms with E-state index in [4.69, 9.17) is 0 Å². The molecule has 1 aliphatic rings. The molecule has 1 aliphatic heterocycles. The molecule has 2 heterocycles. The fraction of sp³-hybridized carbons (Fsp3) is 0.500. The highest BCUT2D eigenvalue weighted by molar-refractivity contribution is 9.10. The van der Waals surface area contributed by atoms with Gasteiger partial charge in [0.1, 0.15) is 11.6 Å². The Bertz CT molecular complexity index is 498. The molecule has 18 heavy (non-hydrogen) atoms. The van der Waals surface area contributed by atoms with Crippen molar-refractivity contribution in [1.82, 2.24) is 10.2 Å². The van der Waals surface area contributed by atoms with Gasteiger partial charge in [0.05, 0.1) is 6.54 Å². The third-order valence-corrected chi connectivity index (χ3v) is 4.83. The average Bonchev–Trinajstić information content (AvgIpc) is 2.68. The van der Waals surface area contributed by atoms with Crippen LogP contribution < -0.4 is 5.32 Å². The predicted octanol–water partition coefficient (Wildman–Crippen LogP) is 2.14. The summed E-state index contributed by atoms with van der Waals surface area (Å²) in [6.07, 6.45) is 0. The van der Waals surface area contributed by atoms with Gasteiger partial charge in [-0.2, -0.15) is 0 Å². The summed E-state index contributed by atoms with van der Waals surface area (Å²) in [6.45, 7) is 5.73.